The van der Waals surface area contributed by atoms with Crippen molar-refractivity contribution in [2.75, 3.05) is 14.2 Å². The maximum Gasteiger partial charge on any atom is 0.161 e. The molecule has 0 fully saturated rings. The number of hydrogen-bond acceptors (Lipinski definition) is 4. The zero-order valence-electron chi connectivity index (χ0n) is 9.93. The molecule has 17 heavy (non-hydrogen) atoms. The van der Waals surface area contributed by atoms with Gasteiger partial charge in [0.25, 0.3) is 0 Å². The lowest BCUT2D eigenvalue weighted by Gasteiger charge is -2.13. The van der Waals surface area contributed by atoms with E-state index in [0.717, 1.165) is 18.4 Å². The number of oxime groups is 1. The van der Waals surface area contributed by atoms with Gasteiger partial charge in [-0.3, -0.25) is 0 Å². The smallest absolute Gasteiger partial charge is 0.161 e. The van der Waals surface area contributed by atoms with E-state index >= 15 is 0 Å². The Morgan fingerprint density at radius 3 is 2.59 bits per heavy atom. The van der Waals surface area contributed by atoms with E-state index in [1.807, 2.05) is 12.1 Å². The third-order valence-corrected chi connectivity index (χ3v) is 3.20. The number of hydrogen-bond donors (Lipinski definition) is 2. The van der Waals surface area contributed by atoms with Crippen molar-refractivity contribution in [2.45, 2.75) is 18.8 Å². The van der Waals surface area contributed by atoms with Crippen LogP contribution in [0.3, 0.4) is 0 Å². The first-order valence-electron chi connectivity index (χ1n) is 5.43. The Hall–Kier alpha value is -1.91. The van der Waals surface area contributed by atoms with Gasteiger partial charge in [0.05, 0.1) is 14.2 Å². The van der Waals surface area contributed by atoms with Crippen molar-refractivity contribution in [3.05, 3.63) is 23.3 Å². The molecule has 1 atom stereocenters. The number of fused-ring (bicyclic) bond motifs is 1. The highest BCUT2D eigenvalue weighted by atomic mass is 16.5. The van der Waals surface area contributed by atoms with Gasteiger partial charge < -0.3 is 20.4 Å². The first-order valence-corrected chi connectivity index (χ1v) is 5.43. The predicted molar refractivity (Wildman–Crippen MR) is 64.0 cm³/mol. The first-order chi connectivity index (χ1) is 8.21. The largest absolute Gasteiger partial charge is 0.493 e. The van der Waals surface area contributed by atoms with Crippen molar-refractivity contribution in [3.8, 4) is 11.5 Å². The van der Waals surface area contributed by atoms with Gasteiger partial charge >= 0.3 is 0 Å². The molecule has 0 saturated heterocycles. The fraction of sp³-hybridized carbons (Fsp3) is 0.417. The van der Waals surface area contributed by atoms with Gasteiger partial charge in [-0.25, -0.2) is 0 Å². The molecule has 2 rings (SSSR count). The molecule has 92 valence electrons. The van der Waals surface area contributed by atoms with Crippen LogP contribution >= 0.6 is 0 Å². The van der Waals surface area contributed by atoms with Crippen LogP contribution in [0.5, 0.6) is 11.5 Å². The molecule has 1 aliphatic carbocycles. The highest BCUT2D eigenvalue weighted by Gasteiger charge is 2.27. The number of benzene rings is 1. The van der Waals surface area contributed by atoms with Gasteiger partial charge in [0.15, 0.2) is 11.5 Å². The second-order valence-electron chi connectivity index (χ2n) is 4.02. The summed E-state index contributed by atoms with van der Waals surface area (Å²) in [6.07, 6.45) is 1.75. The second-order valence-corrected chi connectivity index (χ2v) is 4.02. The molecule has 0 bridgehead atoms. The zero-order chi connectivity index (χ0) is 12.4. The normalized spacial score (nSPS) is 18.9. The van der Waals surface area contributed by atoms with Gasteiger partial charge in [-0.15, -0.1) is 0 Å². The number of rotatable bonds is 3. The fourth-order valence-electron chi connectivity index (χ4n) is 2.31. The summed E-state index contributed by atoms with van der Waals surface area (Å²) in [6.45, 7) is 0. The van der Waals surface area contributed by atoms with E-state index in [1.165, 1.54) is 5.56 Å². The van der Waals surface area contributed by atoms with Crippen LogP contribution < -0.4 is 15.2 Å². The molecular weight excluding hydrogens is 220 g/mol. The number of methoxy groups -OCH3 is 2. The van der Waals surface area contributed by atoms with Crippen LogP contribution in [0.4, 0.5) is 0 Å². The molecule has 3 N–H and O–H groups in total. The Kier molecular flexibility index (Phi) is 3.08. The van der Waals surface area contributed by atoms with Crippen molar-refractivity contribution >= 4 is 5.84 Å². The molecule has 0 spiro atoms. The summed E-state index contributed by atoms with van der Waals surface area (Å²) in [7, 11) is 3.21. The van der Waals surface area contributed by atoms with E-state index in [-0.39, 0.29) is 11.8 Å². The lowest BCUT2D eigenvalue weighted by molar-refractivity contribution is 0.315. The summed E-state index contributed by atoms with van der Waals surface area (Å²) in [5.74, 6) is 1.60. The van der Waals surface area contributed by atoms with Gasteiger partial charge in [-0.05, 0) is 36.1 Å². The maximum absolute atomic E-state index is 8.76. The average Bonchev–Trinajstić information content (AvgIpc) is 2.78. The van der Waals surface area contributed by atoms with Crippen LogP contribution in [0.25, 0.3) is 0 Å². The van der Waals surface area contributed by atoms with Crippen molar-refractivity contribution in [1.29, 1.82) is 0 Å². The fourth-order valence-corrected chi connectivity index (χ4v) is 2.31. The highest BCUT2D eigenvalue weighted by Crippen LogP contribution is 2.40. The molecule has 5 nitrogen and oxygen atoms in total. The summed E-state index contributed by atoms with van der Waals surface area (Å²) in [5, 5.41) is 11.8. The minimum Gasteiger partial charge on any atom is -0.493 e. The van der Waals surface area contributed by atoms with Gasteiger partial charge in [-0.1, -0.05) is 5.16 Å². The van der Waals surface area contributed by atoms with Crippen molar-refractivity contribution in [3.63, 3.8) is 0 Å². The Morgan fingerprint density at radius 2 is 2.00 bits per heavy atom. The molecule has 1 aromatic rings. The van der Waals surface area contributed by atoms with E-state index in [1.54, 1.807) is 14.2 Å². The Balaban J connectivity index is 2.46. The third-order valence-electron chi connectivity index (χ3n) is 3.20. The number of nitrogens with two attached hydrogens (primary N) is 1. The predicted octanol–water partition coefficient (Wildman–Crippen LogP) is 1.48. The summed E-state index contributed by atoms with van der Waals surface area (Å²) >= 11 is 0. The van der Waals surface area contributed by atoms with Crippen molar-refractivity contribution < 1.29 is 14.7 Å². The van der Waals surface area contributed by atoms with Gasteiger partial charge in [0.2, 0.25) is 0 Å². The van der Waals surface area contributed by atoms with E-state index in [4.69, 9.17) is 20.4 Å². The summed E-state index contributed by atoms with van der Waals surface area (Å²) in [4.78, 5) is 0. The van der Waals surface area contributed by atoms with Crippen LogP contribution in [0.2, 0.25) is 0 Å². The number of aryl methyl sites for hydroxylation is 1. The lowest BCUT2D eigenvalue weighted by atomic mass is 10.00. The Morgan fingerprint density at radius 1 is 1.35 bits per heavy atom. The second kappa shape index (κ2) is 4.53. The summed E-state index contributed by atoms with van der Waals surface area (Å²) in [5.41, 5.74) is 7.90. The van der Waals surface area contributed by atoms with Crippen molar-refractivity contribution in [1.82, 2.24) is 0 Å². The van der Waals surface area contributed by atoms with E-state index < -0.39 is 0 Å². The maximum atomic E-state index is 8.76. The quantitative estimate of drug-likeness (QED) is 0.360. The molecule has 0 amide bonds. The molecule has 0 saturated carbocycles. The first kappa shape index (κ1) is 11.6. The monoisotopic (exact) mass is 236 g/mol. The Labute approximate surface area is 99.8 Å². The van der Waals surface area contributed by atoms with Crippen LogP contribution in [0.15, 0.2) is 17.3 Å². The average molecular weight is 236 g/mol. The molecule has 0 heterocycles. The molecule has 1 unspecified atom stereocenters. The van der Waals surface area contributed by atoms with E-state index in [0.29, 0.717) is 11.5 Å². The van der Waals surface area contributed by atoms with Crippen LogP contribution in [0, 0.1) is 0 Å². The van der Waals surface area contributed by atoms with Crippen LogP contribution in [0.1, 0.15) is 23.5 Å². The highest BCUT2D eigenvalue weighted by molar-refractivity contribution is 5.88. The number of amidine groups is 1. The SMILES string of the molecule is COc1cc2c(cc1OC)C(/C(N)=N\O)CC2. The zero-order valence-corrected chi connectivity index (χ0v) is 9.93. The van der Waals surface area contributed by atoms with Crippen LogP contribution in [-0.2, 0) is 6.42 Å². The topological polar surface area (TPSA) is 77.1 Å². The molecule has 0 aliphatic heterocycles. The molecule has 0 aromatic heterocycles. The van der Waals surface area contributed by atoms with Gasteiger partial charge in [0, 0.05) is 5.92 Å². The van der Waals surface area contributed by atoms with E-state index in [2.05, 4.69) is 5.16 Å². The molecule has 5 heteroatoms. The van der Waals surface area contributed by atoms with Gasteiger partial charge in [0.1, 0.15) is 5.84 Å². The minimum absolute atomic E-state index is 0.0326. The minimum atomic E-state index is -0.0326. The molecule has 1 aliphatic rings. The van der Waals surface area contributed by atoms with Crippen molar-refractivity contribution in [2.24, 2.45) is 10.9 Å². The number of ether oxygens (including phenoxy) is 2. The molecule has 1 aromatic carbocycles. The van der Waals surface area contributed by atoms with Crippen LogP contribution in [-0.4, -0.2) is 25.3 Å². The Bertz CT molecular complexity index is 457. The standard InChI is InChI=1S/C12H16N2O3/c1-16-10-5-7-3-4-8(12(13)14-15)9(7)6-11(10)17-2/h5-6,8,15H,3-4H2,1-2H3,(H2,13,14). The lowest BCUT2D eigenvalue weighted by Crippen LogP contribution is -2.20. The summed E-state index contributed by atoms with van der Waals surface area (Å²) < 4.78 is 10.5. The third kappa shape index (κ3) is 1.88. The molecular formula is C12H16N2O3. The van der Waals surface area contributed by atoms with Gasteiger partial charge in [-0.2, -0.15) is 0 Å². The van der Waals surface area contributed by atoms with E-state index in [9.17, 15) is 0 Å². The number of nitrogens with zero attached hydrogens (tertiary/aromatic N) is 1. The molecule has 0 radical (unpaired) electrons. The summed E-state index contributed by atoms with van der Waals surface area (Å²) in [6, 6.07) is 3.86.